The summed E-state index contributed by atoms with van der Waals surface area (Å²) in [5, 5.41) is 10.3. The molecule has 0 bridgehead atoms. The largest absolute Gasteiger partial charge is 0.370 e. The van der Waals surface area contributed by atoms with E-state index in [1.807, 2.05) is 12.1 Å². The number of hydrogen-bond acceptors (Lipinski definition) is 5. The molecule has 0 amide bonds. The summed E-state index contributed by atoms with van der Waals surface area (Å²) in [5.74, 6) is 2.85. The van der Waals surface area contributed by atoms with Gasteiger partial charge in [0.1, 0.15) is 23.7 Å². The second kappa shape index (κ2) is 10.6. The lowest BCUT2D eigenvalue weighted by Crippen LogP contribution is -2.23. The number of imidazole rings is 1. The van der Waals surface area contributed by atoms with Crippen molar-refractivity contribution in [2.24, 2.45) is 17.8 Å². The van der Waals surface area contributed by atoms with Crippen LogP contribution >= 0.6 is 11.6 Å². The number of nitriles is 1. The number of rotatable bonds is 7. The molecule has 2 fully saturated rings. The number of aromatic nitrogens is 4. The van der Waals surface area contributed by atoms with E-state index in [0.717, 1.165) is 40.6 Å². The van der Waals surface area contributed by atoms with Crippen LogP contribution in [0.15, 0.2) is 24.5 Å². The van der Waals surface area contributed by atoms with Crippen LogP contribution < -0.4 is 0 Å². The summed E-state index contributed by atoms with van der Waals surface area (Å²) in [4.78, 5) is 14.2. The number of pyridine rings is 2. The Morgan fingerprint density at radius 2 is 1.89 bits per heavy atom. The summed E-state index contributed by atoms with van der Waals surface area (Å²) < 4.78 is 8.78. The van der Waals surface area contributed by atoms with Gasteiger partial charge in [-0.15, -0.1) is 0 Å². The molecule has 0 saturated heterocycles. The fourth-order valence-corrected chi connectivity index (χ4v) is 6.18. The Bertz CT molecular complexity index is 1220. The predicted octanol–water partition coefficient (Wildman–Crippen LogP) is 7.11. The molecule has 35 heavy (non-hydrogen) atoms. The molecular weight excluding hydrogens is 458 g/mol. The standard InChI is InChI=1S/C28H34ClN5O/c1-3-35-27(20-6-4-5-7-20)28-33-24-13-23(14-30)32-25(21-12-22(29)16-31-15-21)26(24)34(28)17-19-10-8-18(2)9-11-19/h12-13,15-16,18-20,27H,3-11,17H2,1-2H3/t18?,19?,27-/m0/s1. The van der Waals surface area contributed by atoms with Gasteiger partial charge in [-0.1, -0.05) is 44.2 Å². The molecule has 0 N–H and O–H groups in total. The molecule has 6 nitrogen and oxygen atoms in total. The van der Waals surface area contributed by atoms with Crippen LogP contribution in [-0.2, 0) is 11.3 Å². The van der Waals surface area contributed by atoms with Gasteiger partial charge in [0.25, 0.3) is 0 Å². The van der Waals surface area contributed by atoms with E-state index >= 15 is 0 Å². The monoisotopic (exact) mass is 491 g/mol. The van der Waals surface area contributed by atoms with Crippen LogP contribution in [0.5, 0.6) is 0 Å². The maximum absolute atomic E-state index is 9.74. The number of halogens is 1. The number of fused-ring (bicyclic) bond motifs is 1. The van der Waals surface area contributed by atoms with Crippen molar-refractivity contribution in [2.75, 3.05) is 6.61 Å². The van der Waals surface area contributed by atoms with Crippen molar-refractivity contribution in [2.45, 2.75) is 77.9 Å². The van der Waals surface area contributed by atoms with Gasteiger partial charge >= 0.3 is 0 Å². The lowest BCUT2D eigenvalue weighted by atomic mass is 9.83. The normalized spacial score (nSPS) is 21.9. The van der Waals surface area contributed by atoms with Gasteiger partial charge in [0.2, 0.25) is 0 Å². The van der Waals surface area contributed by atoms with Crippen molar-refractivity contribution in [3.8, 4) is 17.3 Å². The fraction of sp³-hybridized carbons (Fsp3) is 0.571. The van der Waals surface area contributed by atoms with Crippen LogP contribution in [0.25, 0.3) is 22.3 Å². The van der Waals surface area contributed by atoms with E-state index in [1.165, 1.54) is 51.4 Å². The maximum Gasteiger partial charge on any atom is 0.143 e. The summed E-state index contributed by atoms with van der Waals surface area (Å²) in [5.41, 5.74) is 3.64. The third kappa shape index (κ3) is 5.08. The first-order valence-corrected chi connectivity index (χ1v) is 13.5. The molecular formula is C28H34ClN5O. The summed E-state index contributed by atoms with van der Waals surface area (Å²) in [6, 6.07) is 5.91. The van der Waals surface area contributed by atoms with Crippen molar-refractivity contribution < 1.29 is 4.74 Å². The van der Waals surface area contributed by atoms with Crippen molar-refractivity contribution in [3.63, 3.8) is 0 Å². The minimum absolute atomic E-state index is 0.0479. The molecule has 0 aliphatic heterocycles. The average Bonchev–Trinajstić information content (AvgIpc) is 3.52. The predicted molar refractivity (Wildman–Crippen MR) is 138 cm³/mol. The van der Waals surface area contributed by atoms with Crippen molar-refractivity contribution >= 4 is 22.6 Å². The molecule has 0 unspecified atom stereocenters. The zero-order valence-corrected chi connectivity index (χ0v) is 21.5. The topological polar surface area (TPSA) is 76.6 Å². The molecule has 2 aliphatic carbocycles. The Labute approximate surface area is 212 Å². The van der Waals surface area contributed by atoms with Crippen LogP contribution in [0.4, 0.5) is 0 Å². The van der Waals surface area contributed by atoms with E-state index in [9.17, 15) is 5.26 Å². The van der Waals surface area contributed by atoms with Gasteiger partial charge in [0.15, 0.2) is 0 Å². The SMILES string of the molecule is CCO[C@H](c1nc2cc(C#N)nc(-c3cncc(Cl)c3)c2n1CC1CCC(C)CC1)C1CCCC1. The van der Waals surface area contributed by atoms with Crippen LogP contribution in [0, 0.1) is 29.1 Å². The Morgan fingerprint density at radius 1 is 1.11 bits per heavy atom. The van der Waals surface area contributed by atoms with Crippen LogP contribution in [-0.4, -0.2) is 26.1 Å². The highest BCUT2D eigenvalue weighted by Gasteiger charge is 2.33. The van der Waals surface area contributed by atoms with Gasteiger partial charge in [-0.3, -0.25) is 4.98 Å². The van der Waals surface area contributed by atoms with E-state index in [0.29, 0.717) is 29.2 Å². The van der Waals surface area contributed by atoms with E-state index in [1.54, 1.807) is 12.4 Å². The van der Waals surface area contributed by atoms with Gasteiger partial charge < -0.3 is 9.30 Å². The van der Waals surface area contributed by atoms with E-state index in [2.05, 4.69) is 29.5 Å². The van der Waals surface area contributed by atoms with Gasteiger partial charge in [-0.25, -0.2) is 9.97 Å². The second-order valence-electron chi connectivity index (χ2n) is 10.4. The first-order valence-electron chi connectivity index (χ1n) is 13.1. The number of nitrogens with zero attached hydrogens (tertiary/aromatic N) is 5. The molecule has 2 aliphatic rings. The van der Waals surface area contributed by atoms with E-state index in [4.69, 9.17) is 26.3 Å². The molecule has 0 spiro atoms. The summed E-state index contributed by atoms with van der Waals surface area (Å²) in [6.45, 7) is 5.97. The zero-order chi connectivity index (χ0) is 24.4. The van der Waals surface area contributed by atoms with Crippen LogP contribution in [0.3, 0.4) is 0 Å². The average molecular weight is 492 g/mol. The lowest BCUT2D eigenvalue weighted by Gasteiger charge is -2.29. The Balaban J connectivity index is 1.70. The van der Waals surface area contributed by atoms with E-state index in [-0.39, 0.29) is 6.10 Å². The Morgan fingerprint density at radius 3 is 2.57 bits per heavy atom. The number of ether oxygens (including phenoxy) is 1. The minimum Gasteiger partial charge on any atom is -0.370 e. The highest BCUT2D eigenvalue weighted by molar-refractivity contribution is 6.30. The van der Waals surface area contributed by atoms with Gasteiger partial charge in [0.05, 0.1) is 21.7 Å². The molecule has 3 heterocycles. The smallest absolute Gasteiger partial charge is 0.143 e. The quantitative estimate of drug-likeness (QED) is 0.352. The van der Waals surface area contributed by atoms with Gasteiger partial charge in [0, 0.05) is 37.2 Å². The lowest BCUT2D eigenvalue weighted by molar-refractivity contribution is 0.0114. The highest BCUT2D eigenvalue weighted by atomic mass is 35.5. The van der Waals surface area contributed by atoms with Crippen LogP contribution in [0.1, 0.15) is 82.8 Å². The third-order valence-corrected chi connectivity index (χ3v) is 8.06. The Hall–Kier alpha value is -2.49. The second-order valence-corrected chi connectivity index (χ2v) is 10.8. The van der Waals surface area contributed by atoms with Crippen molar-refractivity contribution in [1.82, 2.24) is 19.5 Å². The molecule has 5 rings (SSSR count). The summed E-state index contributed by atoms with van der Waals surface area (Å²) in [6.07, 6.45) is 13.2. The van der Waals surface area contributed by atoms with Gasteiger partial charge in [-0.2, -0.15) is 5.26 Å². The third-order valence-electron chi connectivity index (χ3n) is 7.85. The van der Waals surface area contributed by atoms with Crippen LogP contribution in [0.2, 0.25) is 5.02 Å². The molecule has 7 heteroatoms. The molecule has 0 radical (unpaired) electrons. The summed E-state index contributed by atoms with van der Waals surface area (Å²) in [7, 11) is 0. The van der Waals surface area contributed by atoms with E-state index < -0.39 is 0 Å². The summed E-state index contributed by atoms with van der Waals surface area (Å²) >= 11 is 6.31. The van der Waals surface area contributed by atoms with Crippen molar-refractivity contribution in [3.05, 3.63) is 41.1 Å². The highest BCUT2D eigenvalue weighted by Crippen LogP contribution is 2.41. The molecule has 0 aromatic carbocycles. The molecule has 3 aromatic heterocycles. The molecule has 2 saturated carbocycles. The van der Waals surface area contributed by atoms with Crippen molar-refractivity contribution in [1.29, 1.82) is 5.26 Å². The maximum atomic E-state index is 9.74. The number of hydrogen-bond donors (Lipinski definition) is 0. The Kier molecular flexibility index (Phi) is 7.36. The first-order chi connectivity index (χ1) is 17.1. The first kappa shape index (κ1) is 24.2. The fourth-order valence-electron chi connectivity index (χ4n) is 6.01. The molecule has 184 valence electrons. The van der Waals surface area contributed by atoms with Gasteiger partial charge in [-0.05, 0) is 56.4 Å². The zero-order valence-electron chi connectivity index (χ0n) is 20.7. The minimum atomic E-state index is -0.0479. The molecule has 1 atom stereocenters. The molecule has 3 aromatic rings.